The van der Waals surface area contributed by atoms with E-state index < -0.39 is 0 Å². The van der Waals surface area contributed by atoms with Gasteiger partial charge in [-0.1, -0.05) is 26.0 Å². The summed E-state index contributed by atoms with van der Waals surface area (Å²) in [5.74, 6) is 1.53. The molecule has 0 fully saturated rings. The van der Waals surface area contributed by atoms with E-state index in [9.17, 15) is 0 Å². The fourth-order valence-corrected chi connectivity index (χ4v) is 3.77. The minimum absolute atomic E-state index is 0.569. The van der Waals surface area contributed by atoms with E-state index in [0.717, 1.165) is 44.7 Å². The molecule has 1 aliphatic rings. The molecule has 2 heterocycles. The maximum atomic E-state index is 5.83. The maximum absolute atomic E-state index is 5.83. The van der Waals surface area contributed by atoms with Gasteiger partial charge in [0.1, 0.15) is 5.75 Å². The van der Waals surface area contributed by atoms with Crippen molar-refractivity contribution in [1.29, 1.82) is 0 Å². The van der Waals surface area contributed by atoms with Crippen LogP contribution in [0.5, 0.6) is 5.75 Å². The van der Waals surface area contributed by atoms with Crippen molar-refractivity contribution in [2.75, 3.05) is 13.2 Å². The fraction of sp³-hybridized carbons (Fsp3) is 0.500. The van der Waals surface area contributed by atoms with Gasteiger partial charge >= 0.3 is 0 Å². The Kier molecular flexibility index (Phi) is 5.11. The predicted octanol–water partition coefficient (Wildman–Crippen LogP) is 3.92. The summed E-state index contributed by atoms with van der Waals surface area (Å²) in [4.78, 5) is 6.17. The van der Waals surface area contributed by atoms with Crippen molar-refractivity contribution in [1.82, 2.24) is 10.3 Å². The first-order valence-corrected chi connectivity index (χ1v) is 8.95. The highest BCUT2D eigenvalue weighted by Crippen LogP contribution is 2.23. The Morgan fingerprint density at radius 2 is 2.09 bits per heavy atom. The van der Waals surface area contributed by atoms with Crippen LogP contribution < -0.4 is 10.1 Å². The third-order valence-electron chi connectivity index (χ3n) is 4.00. The van der Waals surface area contributed by atoms with Gasteiger partial charge in [0.2, 0.25) is 0 Å². The van der Waals surface area contributed by atoms with E-state index in [2.05, 4.69) is 43.4 Å². The molecule has 1 aliphatic heterocycles. The van der Waals surface area contributed by atoms with Crippen molar-refractivity contribution < 1.29 is 4.74 Å². The van der Waals surface area contributed by atoms with Crippen molar-refractivity contribution in [2.45, 2.75) is 45.6 Å². The molecule has 2 aromatic rings. The molecule has 1 aromatic carbocycles. The number of rotatable bonds is 6. The Bertz CT molecular complexity index is 581. The zero-order chi connectivity index (χ0) is 15.4. The molecular weight excluding hydrogens is 292 g/mol. The smallest absolute Gasteiger partial charge is 0.119 e. The summed E-state index contributed by atoms with van der Waals surface area (Å²) in [5.41, 5.74) is 2.67. The van der Waals surface area contributed by atoms with Crippen molar-refractivity contribution in [3.05, 3.63) is 45.4 Å². The number of aryl methyl sites for hydroxylation is 1. The van der Waals surface area contributed by atoms with Crippen LogP contribution in [-0.4, -0.2) is 18.1 Å². The predicted molar refractivity (Wildman–Crippen MR) is 91.9 cm³/mol. The molecule has 0 spiro atoms. The minimum Gasteiger partial charge on any atom is -0.494 e. The molecule has 0 unspecified atom stereocenters. The van der Waals surface area contributed by atoms with Gasteiger partial charge < -0.3 is 10.1 Å². The summed E-state index contributed by atoms with van der Waals surface area (Å²) in [6.45, 7) is 7.22. The van der Waals surface area contributed by atoms with Crippen LogP contribution in [0.2, 0.25) is 0 Å². The molecule has 0 saturated heterocycles. The van der Waals surface area contributed by atoms with E-state index in [4.69, 9.17) is 9.72 Å². The lowest BCUT2D eigenvalue weighted by molar-refractivity contribution is 0.311. The summed E-state index contributed by atoms with van der Waals surface area (Å²) in [6.07, 6.45) is 3.11. The van der Waals surface area contributed by atoms with E-state index in [1.165, 1.54) is 21.1 Å². The van der Waals surface area contributed by atoms with Gasteiger partial charge in [0.05, 0.1) is 17.3 Å². The second-order valence-electron chi connectivity index (χ2n) is 6.08. The minimum atomic E-state index is 0.569. The average molecular weight is 316 g/mol. The second kappa shape index (κ2) is 7.25. The van der Waals surface area contributed by atoms with Crippen molar-refractivity contribution >= 4 is 11.3 Å². The first-order chi connectivity index (χ1) is 10.7. The number of nitrogens with zero attached hydrogens (tertiary/aromatic N) is 1. The van der Waals surface area contributed by atoms with Crippen LogP contribution in [0, 0.1) is 0 Å². The Morgan fingerprint density at radius 3 is 2.82 bits per heavy atom. The van der Waals surface area contributed by atoms with E-state index in [1.807, 2.05) is 11.3 Å². The maximum Gasteiger partial charge on any atom is 0.119 e. The SMILES string of the molecule is CC(C)c1ccc(OCCCc2nc3c(s2)CNCC3)cc1. The van der Waals surface area contributed by atoms with Crippen molar-refractivity contribution in [3.63, 3.8) is 0 Å². The van der Waals surface area contributed by atoms with Gasteiger partial charge in [0, 0.05) is 30.8 Å². The van der Waals surface area contributed by atoms with Crippen molar-refractivity contribution in [2.24, 2.45) is 0 Å². The molecule has 3 nitrogen and oxygen atoms in total. The van der Waals surface area contributed by atoms with E-state index in [1.54, 1.807) is 0 Å². The molecule has 0 aliphatic carbocycles. The molecule has 4 heteroatoms. The summed E-state index contributed by atoms with van der Waals surface area (Å²) in [6, 6.07) is 8.45. The summed E-state index contributed by atoms with van der Waals surface area (Å²) >= 11 is 1.86. The van der Waals surface area contributed by atoms with E-state index >= 15 is 0 Å². The van der Waals surface area contributed by atoms with Crippen LogP contribution in [0.15, 0.2) is 24.3 Å². The van der Waals surface area contributed by atoms with Gasteiger partial charge in [-0.15, -0.1) is 11.3 Å². The van der Waals surface area contributed by atoms with Crippen LogP contribution in [0.1, 0.15) is 47.3 Å². The number of nitrogens with one attached hydrogen (secondary N) is 1. The Hall–Kier alpha value is -1.39. The standard InChI is InChI=1S/C18H24N2OS/c1-13(2)14-5-7-15(8-6-14)21-11-3-4-18-20-16-9-10-19-12-17(16)22-18/h5-8,13,19H,3-4,9-12H2,1-2H3. The van der Waals surface area contributed by atoms with Crippen LogP contribution >= 0.6 is 11.3 Å². The topological polar surface area (TPSA) is 34.1 Å². The summed E-state index contributed by atoms with van der Waals surface area (Å²) < 4.78 is 5.83. The molecule has 3 rings (SSSR count). The van der Waals surface area contributed by atoms with Crippen LogP contribution in [0.25, 0.3) is 0 Å². The number of fused-ring (bicyclic) bond motifs is 1. The van der Waals surface area contributed by atoms with E-state index in [-0.39, 0.29) is 0 Å². The molecular formula is C18H24N2OS. The Morgan fingerprint density at radius 1 is 1.27 bits per heavy atom. The highest BCUT2D eigenvalue weighted by Gasteiger charge is 2.14. The first-order valence-electron chi connectivity index (χ1n) is 8.13. The van der Waals surface area contributed by atoms with E-state index in [0.29, 0.717) is 5.92 Å². The quantitative estimate of drug-likeness (QED) is 0.820. The molecule has 0 amide bonds. The van der Waals surface area contributed by atoms with Gasteiger partial charge in [-0.05, 0) is 30.0 Å². The van der Waals surface area contributed by atoms with Gasteiger partial charge in [-0.3, -0.25) is 0 Å². The van der Waals surface area contributed by atoms with Crippen LogP contribution in [-0.2, 0) is 19.4 Å². The lowest BCUT2D eigenvalue weighted by atomic mass is 10.0. The second-order valence-corrected chi connectivity index (χ2v) is 7.25. The number of hydrogen-bond donors (Lipinski definition) is 1. The fourth-order valence-electron chi connectivity index (χ4n) is 2.65. The lowest BCUT2D eigenvalue weighted by Gasteiger charge is -2.09. The molecule has 118 valence electrons. The average Bonchev–Trinajstić information content (AvgIpc) is 2.95. The van der Waals surface area contributed by atoms with Gasteiger partial charge in [-0.2, -0.15) is 0 Å². The van der Waals surface area contributed by atoms with Crippen molar-refractivity contribution in [3.8, 4) is 5.75 Å². The van der Waals surface area contributed by atoms with Gasteiger partial charge in [0.15, 0.2) is 0 Å². The number of aromatic nitrogens is 1. The Labute approximate surface area is 136 Å². The number of benzene rings is 1. The zero-order valence-corrected chi connectivity index (χ0v) is 14.2. The molecule has 0 saturated carbocycles. The summed E-state index contributed by atoms with van der Waals surface area (Å²) in [7, 11) is 0. The number of thiazole rings is 1. The summed E-state index contributed by atoms with van der Waals surface area (Å²) in [5, 5.41) is 4.66. The third kappa shape index (κ3) is 3.87. The molecule has 1 N–H and O–H groups in total. The van der Waals surface area contributed by atoms with Gasteiger partial charge in [0.25, 0.3) is 0 Å². The van der Waals surface area contributed by atoms with Crippen LogP contribution in [0.4, 0.5) is 0 Å². The highest BCUT2D eigenvalue weighted by atomic mass is 32.1. The third-order valence-corrected chi connectivity index (χ3v) is 5.15. The number of ether oxygens (including phenoxy) is 1. The van der Waals surface area contributed by atoms with Crippen LogP contribution in [0.3, 0.4) is 0 Å². The first kappa shape index (κ1) is 15.5. The monoisotopic (exact) mass is 316 g/mol. The molecule has 0 bridgehead atoms. The molecule has 22 heavy (non-hydrogen) atoms. The molecule has 0 radical (unpaired) electrons. The molecule has 0 atom stereocenters. The largest absolute Gasteiger partial charge is 0.494 e. The normalized spacial score (nSPS) is 14.1. The number of hydrogen-bond acceptors (Lipinski definition) is 4. The Balaban J connectivity index is 1.44. The lowest BCUT2D eigenvalue weighted by Crippen LogP contribution is -2.22. The molecule has 1 aromatic heterocycles. The van der Waals surface area contributed by atoms with Gasteiger partial charge in [-0.25, -0.2) is 4.98 Å². The highest BCUT2D eigenvalue weighted by molar-refractivity contribution is 7.11. The zero-order valence-electron chi connectivity index (χ0n) is 13.4.